The van der Waals surface area contributed by atoms with Gasteiger partial charge in [-0.15, -0.1) is 10.2 Å². The van der Waals surface area contributed by atoms with Gasteiger partial charge in [0.2, 0.25) is 0 Å². The van der Waals surface area contributed by atoms with Gasteiger partial charge in [0.05, 0.1) is 0 Å². The van der Waals surface area contributed by atoms with Crippen LogP contribution in [-0.2, 0) is 6.54 Å². The lowest BCUT2D eigenvalue weighted by Gasteiger charge is -2.02. The Morgan fingerprint density at radius 2 is 2.11 bits per heavy atom. The average Bonchev–Trinajstić information content (AvgIpc) is 2.15. The van der Waals surface area contributed by atoms with Crippen molar-refractivity contribution in [2.75, 3.05) is 0 Å². The maximum atomic E-state index is 5.51. The van der Waals surface area contributed by atoms with Gasteiger partial charge in [-0.1, -0.05) is 0 Å². The fraction of sp³-hybridized carbons (Fsp3) is 0.600. The Morgan fingerprint density at radius 3 is 2.56 bits per heavy atom. The summed E-state index contributed by atoms with van der Waals surface area (Å²) in [5.74, 6) is 0. The lowest BCUT2D eigenvalue weighted by molar-refractivity contribution is 0.588. The van der Waals surface area contributed by atoms with Crippen LogP contribution in [0.3, 0.4) is 0 Å². The Balaban J connectivity index is 2.48. The molecule has 4 heteroatoms. The average molecular weight is 126 g/mol. The summed E-state index contributed by atoms with van der Waals surface area (Å²) >= 11 is 0. The minimum Gasteiger partial charge on any atom is -0.326 e. The van der Waals surface area contributed by atoms with E-state index in [1.165, 1.54) is 0 Å². The highest BCUT2D eigenvalue weighted by Gasteiger charge is 1.93. The van der Waals surface area contributed by atoms with Crippen molar-refractivity contribution in [2.45, 2.75) is 19.5 Å². The Morgan fingerprint density at radius 1 is 1.56 bits per heavy atom. The summed E-state index contributed by atoms with van der Waals surface area (Å²) in [7, 11) is 0. The van der Waals surface area contributed by atoms with Gasteiger partial charge in [0.25, 0.3) is 0 Å². The lowest BCUT2D eigenvalue weighted by Crippen LogP contribution is -2.21. The van der Waals surface area contributed by atoms with Crippen LogP contribution in [0.5, 0.6) is 0 Å². The largest absolute Gasteiger partial charge is 0.326 e. The van der Waals surface area contributed by atoms with Crippen LogP contribution in [-0.4, -0.2) is 20.8 Å². The molecule has 1 heterocycles. The summed E-state index contributed by atoms with van der Waals surface area (Å²) in [5.41, 5.74) is 5.51. The molecule has 0 spiro atoms. The number of nitrogens with two attached hydrogens (primary N) is 1. The van der Waals surface area contributed by atoms with Crippen molar-refractivity contribution >= 4 is 0 Å². The molecule has 1 rings (SSSR count). The van der Waals surface area contributed by atoms with Crippen molar-refractivity contribution in [3.05, 3.63) is 12.7 Å². The standard InChI is InChI=1S/C5H10N4/c1-5(6)2-9-3-7-8-4-9/h3-5H,2,6H2,1H3/t5-/m0/s1. The number of nitrogens with zero attached hydrogens (tertiary/aromatic N) is 3. The molecule has 2 N–H and O–H groups in total. The second-order valence-corrected chi connectivity index (χ2v) is 2.14. The first-order chi connectivity index (χ1) is 4.29. The van der Waals surface area contributed by atoms with Crippen molar-refractivity contribution in [2.24, 2.45) is 5.73 Å². The predicted molar refractivity (Wildman–Crippen MR) is 33.7 cm³/mol. The van der Waals surface area contributed by atoms with Crippen molar-refractivity contribution < 1.29 is 0 Å². The van der Waals surface area contributed by atoms with Crippen LogP contribution >= 0.6 is 0 Å². The molecule has 9 heavy (non-hydrogen) atoms. The van der Waals surface area contributed by atoms with E-state index in [1.807, 2.05) is 11.5 Å². The Bertz CT molecular complexity index is 155. The second kappa shape index (κ2) is 2.59. The van der Waals surface area contributed by atoms with Crippen LogP contribution in [0.2, 0.25) is 0 Å². The highest BCUT2D eigenvalue weighted by molar-refractivity contribution is 4.63. The molecule has 0 aliphatic carbocycles. The maximum absolute atomic E-state index is 5.51. The zero-order chi connectivity index (χ0) is 6.69. The minimum absolute atomic E-state index is 0.168. The molecule has 0 fully saturated rings. The summed E-state index contributed by atoms with van der Waals surface area (Å²) in [5, 5.41) is 7.27. The Labute approximate surface area is 53.7 Å². The first kappa shape index (κ1) is 6.22. The summed E-state index contributed by atoms with van der Waals surface area (Å²) in [4.78, 5) is 0. The normalized spacial score (nSPS) is 13.6. The van der Waals surface area contributed by atoms with Crippen LogP contribution < -0.4 is 5.73 Å². The molecule has 1 atom stereocenters. The van der Waals surface area contributed by atoms with Gasteiger partial charge in [0.1, 0.15) is 12.7 Å². The summed E-state index contributed by atoms with van der Waals surface area (Å²) in [6, 6.07) is 0.168. The van der Waals surface area contributed by atoms with Crippen LogP contribution in [0.25, 0.3) is 0 Å². The number of rotatable bonds is 2. The molecule has 0 saturated carbocycles. The van der Waals surface area contributed by atoms with Crippen molar-refractivity contribution in [1.29, 1.82) is 0 Å². The molecule has 0 aliphatic heterocycles. The molecule has 0 radical (unpaired) electrons. The molecule has 1 aromatic rings. The highest BCUT2D eigenvalue weighted by Crippen LogP contribution is 1.84. The summed E-state index contributed by atoms with van der Waals surface area (Å²) in [6.07, 6.45) is 3.31. The van der Waals surface area contributed by atoms with Crippen molar-refractivity contribution in [1.82, 2.24) is 14.8 Å². The van der Waals surface area contributed by atoms with Gasteiger partial charge in [0, 0.05) is 12.6 Å². The molecular formula is C5H10N4. The number of aromatic nitrogens is 3. The first-order valence-electron chi connectivity index (χ1n) is 2.87. The van der Waals surface area contributed by atoms with E-state index in [4.69, 9.17) is 5.73 Å². The van der Waals surface area contributed by atoms with Gasteiger partial charge >= 0.3 is 0 Å². The fourth-order valence-corrected chi connectivity index (χ4v) is 0.649. The van der Waals surface area contributed by atoms with E-state index in [0.29, 0.717) is 0 Å². The molecule has 1 aromatic heterocycles. The van der Waals surface area contributed by atoms with Gasteiger partial charge in [-0.2, -0.15) is 0 Å². The van der Waals surface area contributed by atoms with Gasteiger partial charge < -0.3 is 10.3 Å². The van der Waals surface area contributed by atoms with Gasteiger partial charge in [0.15, 0.2) is 0 Å². The van der Waals surface area contributed by atoms with Crippen LogP contribution in [0.15, 0.2) is 12.7 Å². The Kier molecular flexibility index (Phi) is 1.79. The van der Waals surface area contributed by atoms with Gasteiger partial charge in [-0.05, 0) is 6.92 Å². The van der Waals surface area contributed by atoms with Gasteiger partial charge in [-0.3, -0.25) is 0 Å². The van der Waals surface area contributed by atoms with E-state index >= 15 is 0 Å². The smallest absolute Gasteiger partial charge is 0.119 e. The molecule has 4 nitrogen and oxygen atoms in total. The van der Waals surface area contributed by atoms with E-state index in [9.17, 15) is 0 Å². The first-order valence-corrected chi connectivity index (χ1v) is 2.87. The van der Waals surface area contributed by atoms with Gasteiger partial charge in [-0.25, -0.2) is 0 Å². The summed E-state index contributed by atoms with van der Waals surface area (Å²) < 4.78 is 1.85. The van der Waals surface area contributed by atoms with E-state index in [1.54, 1.807) is 12.7 Å². The predicted octanol–water partition coefficient (Wildman–Crippen LogP) is -0.375. The minimum atomic E-state index is 0.168. The third-order valence-electron chi connectivity index (χ3n) is 0.965. The van der Waals surface area contributed by atoms with Crippen LogP contribution in [0.1, 0.15) is 6.92 Å². The van der Waals surface area contributed by atoms with E-state index in [-0.39, 0.29) is 6.04 Å². The van der Waals surface area contributed by atoms with E-state index in [2.05, 4.69) is 10.2 Å². The highest BCUT2D eigenvalue weighted by atomic mass is 15.2. The van der Waals surface area contributed by atoms with E-state index < -0.39 is 0 Å². The van der Waals surface area contributed by atoms with Crippen LogP contribution in [0.4, 0.5) is 0 Å². The zero-order valence-electron chi connectivity index (χ0n) is 5.36. The zero-order valence-corrected chi connectivity index (χ0v) is 5.36. The lowest BCUT2D eigenvalue weighted by atomic mass is 10.4. The maximum Gasteiger partial charge on any atom is 0.119 e. The topological polar surface area (TPSA) is 56.7 Å². The number of hydrogen-bond donors (Lipinski definition) is 1. The number of hydrogen-bond acceptors (Lipinski definition) is 3. The quantitative estimate of drug-likeness (QED) is 0.588. The third-order valence-corrected chi connectivity index (χ3v) is 0.965. The molecule has 0 amide bonds. The third kappa shape index (κ3) is 1.81. The molecular weight excluding hydrogens is 116 g/mol. The molecule has 0 aromatic carbocycles. The van der Waals surface area contributed by atoms with Crippen LogP contribution in [0, 0.1) is 0 Å². The molecule has 0 bridgehead atoms. The van der Waals surface area contributed by atoms with E-state index in [0.717, 1.165) is 6.54 Å². The second-order valence-electron chi connectivity index (χ2n) is 2.14. The Hall–Kier alpha value is -0.900. The van der Waals surface area contributed by atoms with Crippen molar-refractivity contribution in [3.8, 4) is 0 Å². The monoisotopic (exact) mass is 126 g/mol. The molecule has 0 saturated heterocycles. The van der Waals surface area contributed by atoms with Crippen molar-refractivity contribution in [3.63, 3.8) is 0 Å². The summed E-state index contributed by atoms with van der Waals surface area (Å²) in [6.45, 7) is 2.73. The SMILES string of the molecule is C[C@H](N)Cn1cnnc1. The molecule has 50 valence electrons. The molecule has 0 unspecified atom stereocenters. The fourth-order valence-electron chi connectivity index (χ4n) is 0.649. The molecule has 0 aliphatic rings.